The smallest absolute Gasteiger partial charge is 0.244 e. The van der Waals surface area contributed by atoms with E-state index in [9.17, 15) is 4.79 Å². The summed E-state index contributed by atoms with van der Waals surface area (Å²) in [6.07, 6.45) is 5.29. The Morgan fingerprint density at radius 2 is 1.89 bits per heavy atom. The van der Waals surface area contributed by atoms with Crippen LogP contribution in [-0.2, 0) is 4.79 Å². The first kappa shape index (κ1) is 14.3. The maximum absolute atomic E-state index is 11.6. The number of benzene rings is 1. The van der Waals surface area contributed by atoms with Crippen molar-refractivity contribution in [2.75, 3.05) is 7.11 Å². The van der Waals surface area contributed by atoms with Crippen LogP contribution in [0.25, 0.3) is 6.08 Å². The highest BCUT2D eigenvalue weighted by atomic mass is 16.5. The second kappa shape index (κ2) is 7.54. The zero-order valence-corrected chi connectivity index (χ0v) is 11.3. The number of hydrogen-bond acceptors (Lipinski definition) is 2. The molecule has 1 N–H and O–H groups in total. The molecule has 0 saturated heterocycles. The Bertz CT molecular complexity index is 391. The normalized spacial score (nSPS) is 10.9. The van der Waals surface area contributed by atoms with E-state index in [2.05, 4.69) is 19.2 Å². The summed E-state index contributed by atoms with van der Waals surface area (Å²) in [6.45, 7) is 4.14. The van der Waals surface area contributed by atoms with Gasteiger partial charge < -0.3 is 10.1 Å². The van der Waals surface area contributed by atoms with E-state index in [4.69, 9.17) is 4.74 Å². The van der Waals surface area contributed by atoms with Crippen molar-refractivity contribution in [1.29, 1.82) is 0 Å². The largest absolute Gasteiger partial charge is 0.497 e. The lowest BCUT2D eigenvalue weighted by Crippen LogP contribution is -2.32. The van der Waals surface area contributed by atoms with E-state index in [1.54, 1.807) is 19.3 Å². The number of carbonyl (C=O) groups is 1. The lowest BCUT2D eigenvalue weighted by atomic mass is 10.1. The summed E-state index contributed by atoms with van der Waals surface area (Å²) < 4.78 is 5.07. The van der Waals surface area contributed by atoms with Gasteiger partial charge in [0.25, 0.3) is 0 Å². The van der Waals surface area contributed by atoms with Crippen LogP contribution in [0.4, 0.5) is 0 Å². The summed E-state index contributed by atoms with van der Waals surface area (Å²) in [6, 6.07) is 7.84. The first-order valence-corrected chi connectivity index (χ1v) is 6.32. The summed E-state index contributed by atoms with van der Waals surface area (Å²) in [5.74, 6) is 0.771. The van der Waals surface area contributed by atoms with Gasteiger partial charge in [0.05, 0.1) is 7.11 Å². The van der Waals surface area contributed by atoms with Gasteiger partial charge in [-0.15, -0.1) is 0 Å². The summed E-state index contributed by atoms with van der Waals surface area (Å²) in [4.78, 5) is 11.6. The molecule has 3 heteroatoms. The van der Waals surface area contributed by atoms with Crippen molar-refractivity contribution in [2.24, 2.45) is 0 Å². The summed E-state index contributed by atoms with van der Waals surface area (Å²) >= 11 is 0. The van der Waals surface area contributed by atoms with Crippen LogP contribution in [0, 0.1) is 0 Å². The lowest BCUT2D eigenvalue weighted by Gasteiger charge is -2.12. The van der Waals surface area contributed by atoms with Crippen LogP contribution in [-0.4, -0.2) is 19.1 Å². The van der Waals surface area contributed by atoms with Crippen molar-refractivity contribution in [2.45, 2.75) is 32.7 Å². The van der Waals surface area contributed by atoms with Crippen LogP contribution in [0.15, 0.2) is 30.3 Å². The van der Waals surface area contributed by atoms with Crippen LogP contribution in [0.5, 0.6) is 5.75 Å². The van der Waals surface area contributed by atoms with Gasteiger partial charge in [0.2, 0.25) is 5.91 Å². The Hall–Kier alpha value is -1.77. The molecule has 18 heavy (non-hydrogen) atoms. The number of ether oxygens (including phenoxy) is 1. The van der Waals surface area contributed by atoms with Gasteiger partial charge in [-0.3, -0.25) is 4.79 Å². The molecule has 0 atom stereocenters. The number of hydrogen-bond donors (Lipinski definition) is 1. The van der Waals surface area contributed by atoms with E-state index in [1.807, 2.05) is 24.3 Å². The molecular formula is C15H21NO2. The lowest BCUT2D eigenvalue weighted by molar-refractivity contribution is -0.117. The maximum atomic E-state index is 11.6. The highest BCUT2D eigenvalue weighted by molar-refractivity contribution is 5.91. The average molecular weight is 247 g/mol. The molecule has 0 radical (unpaired) electrons. The van der Waals surface area contributed by atoms with Crippen LogP contribution in [0.1, 0.15) is 32.3 Å². The molecule has 1 rings (SSSR count). The summed E-state index contributed by atoms with van der Waals surface area (Å²) in [7, 11) is 1.63. The van der Waals surface area contributed by atoms with E-state index in [1.165, 1.54) is 0 Å². The van der Waals surface area contributed by atoms with Gasteiger partial charge in [-0.2, -0.15) is 0 Å². The van der Waals surface area contributed by atoms with Gasteiger partial charge in [-0.25, -0.2) is 0 Å². The minimum atomic E-state index is -0.0421. The highest BCUT2D eigenvalue weighted by Gasteiger charge is 2.04. The second-order valence-corrected chi connectivity index (χ2v) is 4.13. The number of nitrogens with one attached hydrogen (secondary N) is 1. The minimum Gasteiger partial charge on any atom is -0.497 e. The summed E-state index contributed by atoms with van der Waals surface area (Å²) in [5.41, 5.74) is 0.982. The zero-order valence-electron chi connectivity index (χ0n) is 11.3. The van der Waals surface area contributed by atoms with Crippen molar-refractivity contribution in [3.63, 3.8) is 0 Å². The number of methoxy groups -OCH3 is 1. The molecule has 0 unspecified atom stereocenters. The van der Waals surface area contributed by atoms with Crippen LogP contribution in [0.2, 0.25) is 0 Å². The second-order valence-electron chi connectivity index (χ2n) is 4.13. The number of carbonyl (C=O) groups excluding carboxylic acids is 1. The van der Waals surface area contributed by atoms with E-state index >= 15 is 0 Å². The molecule has 0 bridgehead atoms. The van der Waals surface area contributed by atoms with Gasteiger partial charge in [-0.1, -0.05) is 26.0 Å². The van der Waals surface area contributed by atoms with E-state index in [-0.39, 0.29) is 11.9 Å². The molecule has 98 valence electrons. The summed E-state index contributed by atoms with van der Waals surface area (Å²) in [5, 5.41) is 2.96. The number of amides is 1. The van der Waals surface area contributed by atoms with Gasteiger partial charge in [0.15, 0.2) is 0 Å². The average Bonchev–Trinajstić information content (AvgIpc) is 2.43. The molecule has 0 fully saturated rings. The molecule has 1 amide bonds. The predicted molar refractivity (Wildman–Crippen MR) is 74.5 cm³/mol. The predicted octanol–water partition coefficient (Wildman–Crippen LogP) is 3.01. The fourth-order valence-electron chi connectivity index (χ4n) is 1.63. The van der Waals surface area contributed by atoms with Crippen LogP contribution < -0.4 is 10.1 Å². The topological polar surface area (TPSA) is 38.3 Å². The van der Waals surface area contributed by atoms with E-state index < -0.39 is 0 Å². The standard InChI is InChI=1S/C15H21NO2/c1-4-13(5-2)16-15(17)11-8-12-6-9-14(18-3)10-7-12/h6-11,13H,4-5H2,1-3H3,(H,16,17). The molecule has 1 aromatic carbocycles. The zero-order chi connectivity index (χ0) is 13.4. The molecule has 0 aromatic heterocycles. The molecule has 0 saturated carbocycles. The van der Waals surface area contributed by atoms with Gasteiger partial charge in [0.1, 0.15) is 5.75 Å². The molecule has 1 aromatic rings. The molecule has 0 aliphatic heterocycles. The SMILES string of the molecule is CCC(CC)NC(=O)C=Cc1ccc(OC)cc1. The van der Waals surface area contributed by atoms with Gasteiger partial charge in [-0.05, 0) is 36.6 Å². The van der Waals surface area contributed by atoms with Crippen molar-refractivity contribution >= 4 is 12.0 Å². The molecule has 0 spiro atoms. The molecule has 0 aliphatic rings. The van der Waals surface area contributed by atoms with E-state index in [0.29, 0.717) is 0 Å². The monoisotopic (exact) mass is 247 g/mol. The quantitative estimate of drug-likeness (QED) is 0.785. The Morgan fingerprint density at radius 1 is 1.28 bits per heavy atom. The fourth-order valence-corrected chi connectivity index (χ4v) is 1.63. The van der Waals surface area contributed by atoms with E-state index in [0.717, 1.165) is 24.2 Å². The third kappa shape index (κ3) is 4.62. The van der Waals surface area contributed by atoms with Crippen molar-refractivity contribution in [1.82, 2.24) is 5.32 Å². The molecular weight excluding hydrogens is 226 g/mol. The van der Waals surface area contributed by atoms with Crippen molar-refractivity contribution in [3.8, 4) is 5.75 Å². The van der Waals surface area contributed by atoms with Crippen molar-refractivity contribution < 1.29 is 9.53 Å². The van der Waals surface area contributed by atoms with Gasteiger partial charge in [0, 0.05) is 12.1 Å². The Balaban J connectivity index is 2.54. The number of rotatable bonds is 6. The van der Waals surface area contributed by atoms with Crippen LogP contribution in [0.3, 0.4) is 0 Å². The maximum Gasteiger partial charge on any atom is 0.244 e. The van der Waals surface area contributed by atoms with Gasteiger partial charge >= 0.3 is 0 Å². The Labute approximate surface area is 109 Å². The fraction of sp³-hybridized carbons (Fsp3) is 0.400. The minimum absolute atomic E-state index is 0.0421. The Morgan fingerprint density at radius 3 is 2.39 bits per heavy atom. The molecule has 0 heterocycles. The van der Waals surface area contributed by atoms with Crippen LogP contribution >= 0.6 is 0 Å². The third-order valence-electron chi connectivity index (χ3n) is 2.87. The molecule has 0 aliphatic carbocycles. The first-order chi connectivity index (χ1) is 8.69. The molecule has 3 nitrogen and oxygen atoms in total. The Kier molecular flexibility index (Phi) is 5.98. The third-order valence-corrected chi connectivity index (χ3v) is 2.87. The highest BCUT2D eigenvalue weighted by Crippen LogP contribution is 2.12. The van der Waals surface area contributed by atoms with Crippen molar-refractivity contribution in [3.05, 3.63) is 35.9 Å². The first-order valence-electron chi connectivity index (χ1n) is 6.32.